The van der Waals surface area contributed by atoms with Gasteiger partial charge in [0.1, 0.15) is 5.82 Å². The molecule has 1 aromatic carbocycles. The lowest BCUT2D eigenvalue weighted by Crippen LogP contribution is -1.77. The van der Waals surface area contributed by atoms with E-state index in [1.165, 1.54) is 24.5 Å². The summed E-state index contributed by atoms with van der Waals surface area (Å²) in [6.07, 6.45) is 2.51. The van der Waals surface area contributed by atoms with E-state index in [1.807, 2.05) is 6.07 Å². The van der Waals surface area contributed by atoms with E-state index in [0.29, 0.717) is 5.92 Å². The summed E-state index contributed by atoms with van der Waals surface area (Å²) in [5.74, 6) is 0.484. The zero-order chi connectivity index (χ0) is 9.71. The lowest BCUT2D eigenvalue weighted by molar-refractivity contribution is 0.629. The summed E-state index contributed by atoms with van der Waals surface area (Å²) >= 11 is 3.50. The highest BCUT2D eigenvalue weighted by Crippen LogP contribution is 2.46. The maximum absolute atomic E-state index is 13.0. The Morgan fingerprint density at radius 1 is 1.36 bits per heavy atom. The fraction of sp³-hybridized carbons (Fsp3) is 0.273. The third kappa shape index (κ3) is 1.19. The highest BCUT2D eigenvalue weighted by Gasteiger charge is 2.28. The van der Waals surface area contributed by atoms with Gasteiger partial charge in [-0.15, -0.1) is 0 Å². The van der Waals surface area contributed by atoms with Crippen molar-refractivity contribution in [2.24, 2.45) is 0 Å². The first-order valence-electron chi connectivity index (χ1n) is 4.72. The topological polar surface area (TPSA) is 15.8 Å². The summed E-state index contributed by atoms with van der Waals surface area (Å²) in [5.41, 5.74) is 2.21. The van der Waals surface area contributed by atoms with Gasteiger partial charge in [0, 0.05) is 10.9 Å². The number of halogens is 2. The molecule has 72 valence electrons. The van der Waals surface area contributed by atoms with Crippen molar-refractivity contribution in [3.63, 3.8) is 0 Å². The molecule has 0 amide bonds. The van der Waals surface area contributed by atoms with Gasteiger partial charge in [-0.2, -0.15) is 0 Å². The monoisotopic (exact) mass is 253 g/mol. The first kappa shape index (κ1) is 8.48. The number of aromatic nitrogens is 1. The van der Waals surface area contributed by atoms with Crippen LogP contribution in [0.4, 0.5) is 4.39 Å². The molecule has 0 spiro atoms. The Morgan fingerprint density at radius 3 is 2.86 bits per heavy atom. The lowest BCUT2D eigenvalue weighted by Gasteiger charge is -1.95. The van der Waals surface area contributed by atoms with Gasteiger partial charge in [0.2, 0.25) is 0 Å². The van der Waals surface area contributed by atoms with Gasteiger partial charge in [-0.25, -0.2) is 4.39 Å². The molecule has 1 saturated carbocycles. The van der Waals surface area contributed by atoms with E-state index >= 15 is 0 Å². The van der Waals surface area contributed by atoms with Crippen molar-refractivity contribution in [3.8, 4) is 0 Å². The van der Waals surface area contributed by atoms with E-state index in [-0.39, 0.29) is 5.82 Å². The van der Waals surface area contributed by atoms with Crippen molar-refractivity contribution < 1.29 is 4.39 Å². The number of nitrogens with one attached hydrogen (secondary N) is 1. The van der Waals surface area contributed by atoms with Crippen LogP contribution in [0.25, 0.3) is 10.9 Å². The molecule has 14 heavy (non-hydrogen) atoms. The molecular weight excluding hydrogens is 245 g/mol. The zero-order valence-electron chi connectivity index (χ0n) is 7.48. The Bertz CT molecular complexity index is 499. The molecule has 0 aliphatic heterocycles. The molecule has 2 aromatic rings. The molecule has 3 rings (SSSR count). The van der Waals surface area contributed by atoms with Crippen LogP contribution in [0.15, 0.2) is 22.8 Å². The molecule has 3 heteroatoms. The summed E-state index contributed by atoms with van der Waals surface area (Å²) in [4.78, 5) is 3.17. The van der Waals surface area contributed by atoms with E-state index in [0.717, 1.165) is 15.5 Å². The van der Waals surface area contributed by atoms with Crippen LogP contribution in [0.1, 0.15) is 24.3 Å². The van der Waals surface area contributed by atoms with Gasteiger partial charge in [-0.1, -0.05) is 0 Å². The van der Waals surface area contributed by atoms with Crippen LogP contribution >= 0.6 is 15.9 Å². The molecule has 0 bridgehead atoms. The fourth-order valence-corrected chi connectivity index (χ4v) is 2.68. The van der Waals surface area contributed by atoms with Crippen molar-refractivity contribution >= 4 is 26.8 Å². The highest BCUT2D eigenvalue weighted by atomic mass is 79.9. The number of hydrogen-bond donors (Lipinski definition) is 1. The van der Waals surface area contributed by atoms with Crippen molar-refractivity contribution in [2.75, 3.05) is 0 Å². The van der Waals surface area contributed by atoms with E-state index in [1.54, 1.807) is 6.07 Å². The minimum absolute atomic E-state index is 0.186. The van der Waals surface area contributed by atoms with Crippen LogP contribution in [0, 0.1) is 5.82 Å². The molecule has 0 unspecified atom stereocenters. The standard InChI is InChI=1S/C11H9BrFN/c12-11-10(6-1-2-6)8-4-3-7(13)5-9(8)14-11/h3-6,14H,1-2H2. The molecule has 0 saturated heterocycles. The summed E-state index contributed by atoms with van der Waals surface area (Å²) in [6, 6.07) is 4.93. The SMILES string of the molecule is Fc1ccc2c(C3CC3)c(Br)[nH]c2c1. The third-order valence-electron chi connectivity index (χ3n) is 2.74. The molecule has 1 nitrogen and oxygen atoms in total. The lowest BCUT2D eigenvalue weighted by atomic mass is 10.1. The summed E-state index contributed by atoms with van der Waals surface area (Å²) in [5, 5.41) is 1.15. The number of hydrogen-bond acceptors (Lipinski definition) is 0. The van der Waals surface area contributed by atoms with E-state index in [2.05, 4.69) is 20.9 Å². The Kier molecular flexibility index (Phi) is 1.71. The molecule has 1 N–H and O–H groups in total. The number of H-pyrrole nitrogens is 1. The van der Waals surface area contributed by atoms with Crippen LogP contribution in [-0.4, -0.2) is 4.98 Å². The highest BCUT2D eigenvalue weighted by molar-refractivity contribution is 9.10. The molecular formula is C11H9BrFN. The van der Waals surface area contributed by atoms with Crippen molar-refractivity contribution in [1.29, 1.82) is 0 Å². The largest absolute Gasteiger partial charge is 0.349 e. The number of fused-ring (bicyclic) bond motifs is 1. The summed E-state index contributed by atoms with van der Waals surface area (Å²) in [6.45, 7) is 0. The van der Waals surface area contributed by atoms with Gasteiger partial charge in [0.05, 0.1) is 4.60 Å². The molecule has 1 heterocycles. The first-order chi connectivity index (χ1) is 6.75. The molecule has 1 aliphatic rings. The molecule has 0 atom stereocenters. The Balaban J connectivity index is 2.32. The second kappa shape index (κ2) is 2.83. The van der Waals surface area contributed by atoms with Crippen molar-refractivity contribution in [2.45, 2.75) is 18.8 Å². The third-order valence-corrected chi connectivity index (χ3v) is 3.36. The van der Waals surface area contributed by atoms with Crippen LogP contribution in [-0.2, 0) is 0 Å². The fourth-order valence-electron chi connectivity index (χ4n) is 1.93. The van der Waals surface area contributed by atoms with E-state index < -0.39 is 0 Å². The van der Waals surface area contributed by atoms with Gasteiger partial charge in [-0.05, 0) is 58.5 Å². The van der Waals surface area contributed by atoms with Gasteiger partial charge in [-0.3, -0.25) is 0 Å². The minimum Gasteiger partial charge on any atom is -0.349 e. The average molecular weight is 254 g/mol. The predicted molar refractivity (Wildman–Crippen MR) is 57.9 cm³/mol. The molecule has 0 radical (unpaired) electrons. The van der Waals surface area contributed by atoms with Gasteiger partial charge < -0.3 is 4.98 Å². The smallest absolute Gasteiger partial charge is 0.125 e. The van der Waals surface area contributed by atoms with Crippen LogP contribution in [0.5, 0.6) is 0 Å². The van der Waals surface area contributed by atoms with E-state index in [9.17, 15) is 4.39 Å². The van der Waals surface area contributed by atoms with E-state index in [4.69, 9.17) is 0 Å². The first-order valence-corrected chi connectivity index (χ1v) is 5.51. The number of benzene rings is 1. The minimum atomic E-state index is -0.186. The van der Waals surface area contributed by atoms with Crippen LogP contribution < -0.4 is 0 Å². The zero-order valence-corrected chi connectivity index (χ0v) is 9.07. The summed E-state index contributed by atoms with van der Waals surface area (Å²) in [7, 11) is 0. The molecule has 1 aliphatic carbocycles. The maximum atomic E-state index is 13.0. The Labute approximate surface area is 89.4 Å². The Hall–Kier alpha value is -0.830. The van der Waals surface area contributed by atoms with Gasteiger partial charge in [0.15, 0.2) is 0 Å². The second-order valence-electron chi connectivity index (χ2n) is 3.82. The quantitative estimate of drug-likeness (QED) is 0.793. The van der Waals surface area contributed by atoms with Crippen LogP contribution in [0.2, 0.25) is 0 Å². The number of aromatic amines is 1. The van der Waals surface area contributed by atoms with Crippen LogP contribution in [0.3, 0.4) is 0 Å². The maximum Gasteiger partial charge on any atom is 0.125 e. The van der Waals surface area contributed by atoms with Crippen molar-refractivity contribution in [1.82, 2.24) is 4.98 Å². The molecule has 1 aromatic heterocycles. The second-order valence-corrected chi connectivity index (χ2v) is 4.61. The predicted octanol–water partition coefficient (Wildman–Crippen LogP) is 3.95. The van der Waals surface area contributed by atoms with Gasteiger partial charge in [0.25, 0.3) is 0 Å². The van der Waals surface area contributed by atoms with Gasteiger partial charge >= 0.3 is 0 Å². The normalized spacial score (nSPS) is 16.4. The Morgan fingerprint density at radius 2 is 2.14 bits per heavy atom. The summed E-state index contributed by atoms with van der Waals surface area (Å²) < 4.78 is 14.0. The number of rotatable bonds is 1. The average Bonchev–Trinajstić information content (AvgIpc) is 2.89. The molecule has 1 fully saturated rings. The van der Waals surface area contributed by atoms with Crippen molar-refractivity contribution in [3.05, 3.63) is 34.2 Å².